The lowest BCUT2D eigenvalue weighted by Crippen LogP contribution is -2.54. The summed E-state index contributed by atoms with van der Waals surface area (Å²) in [5.74, 6) is -2.48. The van der Waals surface area contributed by atoms with E-state index in [0.29, 0.717) is 0 Å². The number of hydrogen-bond acceptors (Lipinski definition) is 9. The maximum absolute atomic E-state index is 12.7. The molecule has 0 saturated heterocycles. The van der Waals surface area contributed by atoms with Crippen molar-refractivity contribution in [3.8, 4) is 0 Å². The van der Waals surface area contributed by atoms with Gasteiger partial charge >= 0.3 is 5.97 Å². The highest BCUT2D eigenvalue weighted by Gasteiger charge is 2.34. The van der Waals surface area contributed by atoms with Gasteiger partial charge in [0.2, 0.25) is 26.0 Å². The molecule has 1 heterocycles. The second-order valence-corrected chi connectivity index (χ2v) is 11.8. The lowest BCUT2D eigenvalue weighted by molar-refractivity contribution is -0.145. The Balaban J connectivity index is 2.32. The van der Waals surface area contributed by atoms with Gasteiger partial charge in [0.25, 0.3) is 0 Å². The smallest absolute Gasteiger partial charge is 0.323 e. The maximum atomic E-state index is 12.7. The molecular formula is C16H21ClN4O8S3. The number of nitrogens with two attached hydrogens (primary N) is 1. The quantitative estimate of drug-likeness (QED) is 0.352. The predicted octanol–water partition coefficient (Wildman–Crippen LogP) is -0.154. The van der Waals surface area contributed by atoms with Gasteiger partial charge in [0, 0.05) is 18.6 Å². The monoisotopic (exact) mass is 528 g/mol. The van der Waals surface area contributed by atoms with Crippen LogP contribution in [0.15, 0.2) is 21.9 Å². The van der Waals surface area contributed by atoms with Crippen LogP contribution in [0.4, 0.5) is 5.69 Å². The highest BCUT2D eigenvalue weighted by molar-refractivity contribution is 8.13. The van der Waals surface area contributed by atoms with E-state index >= 15 is 0 Å². The van der Waals surface area contributed by atoms with Crippen molar-refractivity contribution in [1.29, 1.82) is 0 Å². The van der Waals surface area contributed by atoms with Crippen molar-refractivity contribution in [3.63, 3.8) is 0 Å². The Morgan fingerprint density at radius 2 is 1.97 bits per heavy atom. The van der Waals surface area contributed by atoms with E-state index in [1.807, 2.05) is 0 Å². The van der Waals surface area contributed by atoms with Crippen LogP contribution < -0.4 is 15.2 Å². The molecular weight excluding hydrogens is 508 g/mol. The Hall–Kier alpha value is -1.91. The second-order valence-electron chi connectivity index (χ2n) is 6.96. The van der Waals surface area contributed by atoms with Gasteiger partial charge in [0.15, 0.2) is 5.12 Å². The van der Waals surface area contributed by atoms with Crippen molar-refractivity contribution >= 4 is 66.1 Å². The minimum atomic E-state index is -4.29. The normalized spacial score (nSPS) is 18.2. The van der Waals surface area contributed by atoms with Crippen molar-refractivity contribution < 1.29 is 36.3 Å². The third kappa shape index (κ3) is 6.55. The third-order valence-corrected chi connectivity index (χ3v) is 8.22. The van der Waals surface area contributed by atoms with Crippen LogP contribution in [0, 0.1) is 5.92 Å². The number of carbonyl (C=O) groups is 3. The minimum Gasteiger partial charge on any atom is -0.480 e. The summed E-state index contributed by atoms with van der Waals surface area (Å²) < 4.78 is 50.8. The number of fused-ring (bicyclic) bond motifs is 1. The number of hydrogen-bond donors (Lipinski definition) is 4. The number of primary sulfonamides is 1. The lowest BCUT2D eigenvalue weighted by atomic mass is 10.2. The second kappa shape index (κ2) is 9.93. The highest BCUT2D eigenvalue weighted by Crippen LogP contribution is 2.33. The number of halogens is 1. The van der Waals surface area contributed by atoms with E-state index in [-0.39, 0.29) is 28.1 Å². The van der Waals surface area contributed by atoms with Crippen LogP contribution in [0.1, 0.15) is 13.8 Å². The van der Waals surface area contributed by atoms with E-state index in [4.69, 9.17) is 21.8 Å². The van der Waals surface area contributed by atoms with Gasteiger partial charge in [-0.05, 0) is 12.1 Å². The van der Waals surface area contributed by atoms with E-state index in [2.05, 4.69) is 10.0 Å². The molecule has 0 radical (unpaired) electrons. The Labute approximate surface area is 194 Å². The van der Waals surface area contributed by atoms with E-state index in [9.17, 15) is 31.2 Å². The number of carbonyl (C=O) groups excluding carboxylic acids is 2. The summed E-state index contributed by atoms with van der Waals surface area (Å²) in [6.07, 6.45) is -1.14. The molecule has 178 valence electrons. The van der Waals surface area contributed by atoms with Crippen LogP contribution in [0.25, 0.3) is 0 Å². The number of carboxylic acid groups (broad SMARTS) is 1. The number of benzene rings is 1. The van der Waals surface area contributed by atoms with E-state index < -0.39 is 60.3 Å². The molecule has 1 amide bonds. The molecule has 0 fully saturated rings. The molecule has 16 heteroatoms. The van der Waals surface area contributed by atoms with Gasteiger partial charge in [-0.2, -0.15) is 4.72 Å². The fourth-order valence-corrected chi connectivity index (χ4v) is 6.00. The third-order valence-electron chi connectivity index (χ3n) is 4.26. The Bertz CT molecular complexity index is 1160. The zero-order chi connectivity index (χ0) is 24.4. The first kappa shape index (κ1) is 26.3. The molecule has 0 spiro atoms. The van der Waals surface area contributed by atoms with Crippen molar-refractivity contribution in [2.45, 2.75) is 29.8 Å². The average molecular weight is 529 g/mol. The number of thioether (sulfide) groups is 1. The first-order valence-corrected chi connectivity index (χ1v) is 13.3. The average Bonchev–Trinajstić information content (AvgIpc) is 2.62. The zero-order valence-electron chi connectivity index (χ0n) is 16.9. The SMILES string of the molecule is CC(=O)SCC(C)C(=O)N(CC(=O)O)CC1Nc2cc(Cl)c(S(N)(=O)=O)cc2S(=O)(=O)N1. The molecule has 1 aliphatic rings. The Morgan fingerprint density at radius 1 is 1.34 bits per heavy atom. The Morgan fingerprint density at radius 3 is 2.50 bits per heavy atom. The topological polar surface area (TPSA) is 193 Å². The minimum absolute atomic E-state index is 0.0472. The number of carboxylic acids is 1. The summed E-state index contributed by atoms with van der Waals surface area (Å²) >= 11 is 6.84. The number of anilines is 1. The van der Waals surface area contributed by atoms with Gasteiger partial charge in [-0.15, -0.1) is 0 Å². The number of aliphatic carboxylic acids is 1. The molecule has 0 aliphatic carbocycles. The summed E-state index contributed by atoms with van der Waals surface area (Å²) in [5, 5.41) is 16.5. The molecule has 1 aliphatic heterocycles. The molecule has 2 rings (SSSR count). The summed E-state index contributed by atoms with van der Waals surface area (Å²) in [4.78, 5) is 35.0. The van der Waals surface area contributed by atoms with Crippen molar-refractivity contribution in [1.82, 2.24) is 9.62 Å². The van der Waals surface area contributed by atoms with Crippen LogP contribution in [-0.4, -0.2) is 68.8 Å². The number of sulfonamides is 2. The van der Waals surface area contributed by atoms with Gasteiger partial charge in [-0.25, -0.2) is 22.0 Å². The molecule has 0 aromatic heterocycles. The molecule has 0 saturated carbocycles. The van der Waals surface area contributed by atoms with Crippen LogP contribution >= 0.6 is 23.4 Å². The van der Waals surface area contributed by atoms with Gasteiger partial charge in [-0.1, -0.05) is 30.3 Å². The molecule has 1 aromatic rings. The van der Waals surface area contributed by atoms with E-state index in [1.54, 1.807) is 0 Å². The molecule has 12 nitrogen and oxygen atoms in total. The molecule has 2 atom stereocenters. The molecule has 5 N–H and O–H groups in total. The van der Waals surface area contributed by atoms with Crippen LogP contribution in [0.3, 0.4) is 0 Å². The van der Waals surface area contributed by atoms with Gasteiger partial charge in [0.05, 0.1) is 17.3 Å². The van der Waals surface area contributed by atoms with Crippen molar-refractivity contribution in [3.05, 3.63) is 17.2 Å². The standard InChI is InChI=1S/C16H21ClN4O8S3/c1-8(7-30-9(2)22)16(25)21(6-15(23)24)5-14-19-11-3-10(17)12(31(18,26)27)4-13(11)32(28,29)20-14/h3-4,8,14,19-20H,5-7H2,1-2H3,(H,23,24)(H2,18,26,27). The number of rotatable bonds is 8. The maximum Gasteiger partial charge on any atom is 0.323 e. The molecule has 2 unspecified atom stereocenters. The Kier molecular flexibility index (Phi) is 8.17. The van der Waals surface area contributed by atoms with Crippen molar-refractivity contribution in [2.75, 3.05) is 24.2 Å². The zero-order valence-corrected chi connectivity index (χ0v) is 20.1. The van der Waals surface area contributed by atoms with Gasteiger partial charge < -0.3 is 15.3 Å². The highest BCUT2D eigenvalue weighted by atomic mass is 35.5. The van der Waals surface area contributed by atoms with Gasteiger partial charge in [-0.3, -0.25) is 14.4 Å². The predicted molar refractivity (Wildman–Crippen MR) is 117 cm³/mol. The van der Waals surface area contributed by atoms with Gasteiger partial charge in [0.1, 0.15) is 22.5 Å². The van der Waals surface area contributed by atoms with Crippen LogP contribution in [-0.2, 0) is 34.4 Å². The summed E-state index contributed by atoms with van der Waals surface area (Å²) in [6.45, 7) is 1.79. The lowest BCUT2D eigenvalue weighted by Gasteiger charge is -2.33. The van der Waals surface area contributed by atoms with Crippen LogP contribution in [0.5, 0.6) is 0 Å². The number of nitrogens with zero attached hydrogens (tertiary/aromatic N) is 1. The first-order valence-electron chi connectivity index (χ1n) is 8.91. The fourth-order valence-electron chi connectivity index (χ4n) is 2.88. The number of nitrogens with one attached hydrogen (secondary N) is 2. The van der Waals surface area contributed by atoms with E-state index in [1.165, 1.54) is 13.8 Å². The molecule has 0 bridgehead atoms. The fraction of sp³-hybridized carbons (Fsp3) is 0.438. The molecule has 32 heavy (non-hydrogen) atoms. The summed E-state index contributed by atoms with van der Waals surface area (Å²) in [7, 11) is -8.55. The van der Waals surface area contributed by atoms with Crippen molar-refractivity contribution in [2.24, 2.45) is 11.1 Å². The number of amides is 1. The summed E-state index contributed by atoms with van der Waals surface area (Å²) in [5.41, 5.74) is -0.0472. The van der Waals surface area contributed by atoms with E-state index in [0.717, 1.165) is 28.8 Å². The summed E-state index contributed by atoms with van der Waals surface area (Å²) in [6, 6.07) is 1.87. The molecule has 1 aromatic carbocycles. The largest absolute Gasteiger partial charge is 0.480 e. The first-order chi connectivity index (χ1) is 14.6. The van der Waals surface area contributed by atoms with Crippen LogP contribution in [0.2, 0.25) is 5.02 Å².